The lowest BCUT2D eigenvalue weighted by Crippen LogP contribution is -2.37. The zero-order valence-corrected chi connectivity index (χ0v) is 9.64. The number of nitrogens with one attached hydrogen (secondary N) is 2. The number of carbonyl (C=O) groups is 1. The molecular weight excluding hydrogens is 212 g/mol. The number of anilines is 1. The largest absolute Gasteiger partial charge is 0.373 e. The van der Waals surface area contributed by atoms with Crippen molar-refractivity contribution in [1.82, 2.24) is 5.32 Å². The Bertz CT molecular complexity index is 341. The predicted octanol–water partition coefficient (Wildman–Crippen LogP) is 2.28. The molecule has 0 fully saturated rings. The second-order valence-electron chi connectivity index (χ2n) is 3.24. The number of halogens is 1. The fourth-order valence-electron chi connectivity index (χ4n) is 1.20. The van der Waals surface area contributed by atoms with Crippen LogP contribution in [-0.4, -0.2) is 18.5 Å². The predicted molar refractivity (Wildman–Crippen MR) is 63.2 cm³/mol. The summed E-state index contributed by atoms with van der Waals surface area (Å²) in [5, 5.41) is 6.41. The molecule has 1 aromatic carbocycles. The van der Waals surface area contributed by atoms with Crippen LogP contribution in [0.1, 0.15) is 13.8 Å². The van der Waals surface area contributed by atoms with Gasteiger partial charge >= 0.3 is 0 Å². The van der Waals surface area contributed by atoms with Crippen LogP contribution in [0.25, 0.3) is 0 Å². The number of para-hydroxylation sites is 1. The summed E-state index contributed by atoms with van der Waals surface area (Å²) in [6.07, 6.45) is 0. The van der Waals surface area contributed by atoms with E-state index in [4.69, 9.17) is 11.6 Å². The summed E-state index contributed by atoms with van der Waals surface area (Å²) in [6, 6.07) is 7.07. The maximum atomic E-state index is 11.4. The van der Waals surface area contributed by atoms with Crippen LogP contribution >= 0.6 is 11.6 Å². The van der Waals surface area contributed by atoms with E-state index in [0.717, 1.165) is 5.69 Å². The van der Waals surface area contributed by atoms with Crippen molar-refractivity contribution in [3.8, 4) is 0 Å². The van der Waals surface area contributed by atoms with Crippen LogP contribution in [0.3, 0.4) is 0 Å². The first-order valence-electron chi connectivity index (χ1n) is 4.94. The van der Waals surface area contributed by atoms with Crippen molar-refractivity contribution in [2.75, 3.05) is 11.9 Å². The van der Waals surface area contributed by atoms with Crippen LogP contribution in [0.4, 0.5) is 5.69 Å². The zero-order chi connectivity index (χ0) is 11.3. The lowest BCUT2D eigenvalue weighted by atomic mass is 10.2. The molecule has 0 spiro atoms. The van der Waals surface area contributed by atoms with Crippen molar-refractivity contribution < 1.29 is 4.79 Å². The van der Waals surface area contributed by atoms with Crippen LogP contribution in [0.2, 0.25) is 5.02 Å². The number of benzene rings is 1. The second kappa shape index (κ2) is 5.61. The number of amides is 1. The molecule has 1 atom stereocenters. The molecule has 1 unspecified atom stereocenters. The molecule has 0 saturated heterocycles. The molecule has 0 saturated carbocycles. The SMILES string of the molecule is CCNC(=O)C(C)Nc1ccccc1Cl. The topological polar surface area (TPSA) is 41.1 Å². The van der Waals surface area contributed by atoms with E-state index in [9.17, 15) is 4.79 Å². The maximum Gasteiger partial charge on any atom is 0.242 e. The summed E-state index contributed by atoms with van der Waals surface area (Å²) >= 11 is 5.96. The first-order chi connectivity index (χ1) is 7.15. The molecule has 1 amide bonds. The Morgan fingerprint density at radius 2 is 2.13 bits per heavy atom. The lowest BCUT2D eigenvalue weighted by molar-refractivity contribution is -0.121. The molecule has 1 rings (SSSR count). The van der Waals surface area contributed by atoms with Gasteiger partial charge in [0.05, 0.1) is 10.7 Å². The Labute approximate surface area is 94.8 Å². The molecule has 0 aliphatic carbocycles. The maximum absolute atomic E-state index is 11.4. The number of hydrogen-bond donors (Lipinski definition) is 2. The van der Waals surface area contributed by atoms with Crippen LogP contribution in [0.5, 0.6) is 0 Å². The third-order valence-electron chi connectivity index (χ3n) is 1.99. The second-order valence-corrected chi connectivity index (χ2v) is 3.65. The minimum Gasteiger partial charge on any atom is -0.373 e. The standard InChI is InChI=1S/C11H15ClN2O/c1-3-13-11(15)8(2)14-10-7-5-4-6-9(10)12/h4-8,14H,3H2,1-2H3,(H,13,15). The van der Waals surface area contributed by atoms with Gasteiger partial charge in [-0.2, -0.15) is 0 Å². The Morgan fingerprint density at radius 3 is 2.73 bits per heavy atom. The summed E-state index contributed by atoms with van der Waals surface area (Å²) in [6.45, 7) is 4.32. The highest BCUT2D eigenvalue weighted by molar-refractivity contribution is 6.33. The van der Waals surface area contributed by atoms with E-state index in [0.29, 0.717) is 11.6 Å². The molecule has 0 radical (unpaired) electrons. The van der Waals surface area contributed by atoms with Gasteiger partial charge in [0, 0.05) is 6.54 Å². The Hall–Kier alpha value is -1.22. The minimum atomic E-state index is -0.287. The summed E-state index contributed by atoms with van der Waals surface area (Å²) in [5.41, 5.74) is 0.776. The van der Waals surface area contributed by atoms with Crippen molar-refractivity contribution in [2.45, 2.75) is 19.9 Å². The number of carbonyl (C=O) groups excluding carboxylic acids is 1. The summed E-state index contributed by atoms with van der Waals surface area (Å²) in [5.74, 6) is -0.0302. The average Bonchev–Trinajstić information content (AvgIpc) is 2.21. The molecule has 4 heteroatoms. The molecule has 82 valence electrons. The first kappa shape index (κ1) is 11.9. The summed E-state index contributed by atoms with van der Waals surface area (Å²) in [7, 11) is 0. The monoisotopic (exact) mass is 226 g/mol. The number of likely N-dealkylation sites (N-methyl/N-ethyl adjacent to an activating group) is 1. The van der Waals surface area contributed by atoms with Gasteiger partial charge in [-0.25, -0.2) is 0 Å². The van der Waals surface area contributed by atoms with Gasteiger partial charge < -0.3 is 10.6 Å². The highest BCUT2D eigenvalue weighted by Crippen LogP contribution is 2.20. The Balaban J connectivity index is 2.62. The third kappa shape index (κ3) is 3.44. The quantitative estimate of drug-likeness (QED) is 0.827. The molecule has 2 N–H and O–H groups in total. The van der Waals surface area contributed by atoms with Crippen molar-refractivity contribution in [2.24, 2.45) is 0 Å². The normalized spacial score (nSPS) is 11.9. The molecule has 0 heterocycles. The van der Waals surface area contributed by atoms with Gasteiger partial charge in [0.2, 0.25) is 5.91 Å². The Kier molecular flexibility index (Phi) is 4.43. The van der Waals surface area contributed by atoms with Gasteiger partial charge in [-0.15, -0.1) is 0 Å². The average molecular weight is 227 g/mol. The fraction of sp³-hybridized carbons (Fsp3) is 0.364. The van der Waals surface area contributed by atoms with Gasteiger partial charge in [0.15, 0.2) is 0 Å². The van der Waals surface area contributed by atoms with Crippen molar-refractivity contribution >= 4 is 23.2 Å². The van der Waals surface area contributed by atoms with Gasteiger partial charge in [0.1, 0.15) is 6.04 Å². The molecule has 0 aliphatic heterocycles. The molecule has 0 aliphatic rings. The van der Waals surface area contributed by atoms with Crippen LogP contribution in [-0.2, 0) is 4.79 Å². The summed E-state index contributed by atoms with van der Waals surface area (Å²) < 4.78 is 0. The molecule has 0 aromatic heterocycles. The number of rotatable bonds is 4. The van der Waals surface area contributed by atoms with Gasteiger partial charge in [-0.3, -0.25) is 4.79 Å². The van der Waals surface area contributed by atoms with Crippen molar-refractivity contribution in [3.05, 3.63) is 29.3 Å². The van der Waals surface area contributed by atoms with Crippen molar-refractivity contribution in [1.29, 1.82) is 0 Å². The summed E-state index contributed by atoms with van der Waals surface area (Å²) in [4.78, 5) is 11.4. The van der Waals surface area contributed by atoms with Crippen LogP contribution in [0, 0.1) is 0 Å². The molecular formula is C11H15ClN2O. The number of hydrogen-bond acceptors (Lipinski definition) is 2. The van der Waals surface area contributed by atoms with Crippen LogP contribution < -0.4 is 10.6 Å². The van der Waals surface area contributed by atoms with E-state index in [-0.39, 0.29) is 11.9 Å². The first-order valence-corrected chi connectivity index (χ1v) is 5.31. The fourth-order valence-corrected chi connectivity index (χ4v) is 1.39. The molecule has 15 heavy (non-hydrogen) atoms. The van der Waals surface area contributed by atoms with E-state index in [1.807, 2.05) is 25.1 Å². The molecule has 3 nitrogen and oxygen atoms in total. The lowest BCUT2D eigenvalue weighted by Gasteiger charge is -2.15. The smallest absolute Gasteiger partial charge is 0.242 e. The van der Waals surface area contributed by atoms with E-state index < -0.39 is 0 Å². The van der Waals surface area contributed by atoms with Gasteiger partial charge in [-0.05, 0) is 26.0 Å². The van der Waals surface area contributed by atoms with E-state index >= 15 is 0 Å². The minimum absolute atomic E-state index is 0.0302. The van der Waals surface area contributed by atoms with Crippen LogP contribution in [0.15, 0.2) is 24.3 Å². The third-order valence-corrected chi connectivity index (χ3v) is 2.32. The molecule has 0 bridgehead atoms. The highest BCUT2D eigenvalue weighted by Gasteiger charge is 2.11. The van der Waals surface area contributed by atoms with E-state index in [2.05, 4.69) is 10.6 Å². The van der Waals surface area contributed by atoms with Gasteiger partial charge in [0.25, 0.3) is 0 Å². The van der Waals surface area contributed by atoms with Gasteiger partial charge in [-0.1, -0.05) is 23.7 Å². The zero-order valence-electron chi connectivity index (χ0n) is 8.88. The molecule has 1 aromatic rings. The highest BCUT2D eigenvalue weighted by atomic mass is 35.5. The van der Waals surface area contributed by atoms with E-state index in [1.54, 1.807) is 13.0 Å². The Morgan fingerprint density at radius 1 is 1.47 bits per heavy atom. The van der Waals surface area contributed by atoms with Crippen molar-refractivity contribution in [3.63, 3.8) is 0 Å². The van der Waals surface area contributed by atoms with E-state index in [1.165, 1.54) is 0 Å².